The van der Waals surface area contributed by atoms with Crippen LogP contribution in [0.3, 0.4) is 0 Å². The number of methoxy groups -OCH3 is 1. The fourth-order valence-electron chi connectivity index (χ4n) is 3.52. The van der Waals surface area contributed by atoms with Gasteiger partial charge < -0.3 is 10.1 Å². The van der Waals surface area contributed by atoms with Gasteiger partial charge in [-0.3, -0.25) is 9.10 Å². The van der Waals surface area contributed by atoms with Gasteiger partial charge in [-0.15, -0.1) is 0 Å². The normalized spacial score (nSPS) is 12.2. The molecule has 0 aliphatic rings. The zero-order chi connectivity index (χ0) is 24.2. The fraction of sp³-hybridized carbons (Fsp3) is 0.240. The van der Waals surface area contributed by atoms with Gasteiger partial charge in [-0.2, -0.15) is 0 Å². The van der Waals surface area contributed by atoms with Crippen molar-refractivity contribution >= 4 is 33.2 Å². The van der Waals surface area contributed by atoms with Crippen LogP contribution in [0.2, 0.25) is 5.02 Å². The zero-order valence-electron chi connectivity index (χ0n) is 19.0. The Labute approximate surface area is 200 Å². The molecule has 0 radical (unpaired) electrons. The molecular formula is C25H27ClN2O4S. The molecule has 0 spiro atoms. The van der Waals surface area contributed by atoms with Crippen LogP contribution in [0.5, 0.6) is 5.75 Å². The van der Waals surface area contributed by atoms with Crippen molar-refractivity contribution in [3.63, 3.8) is 0 Å². The highest BCUT2D eigenvalue weighted by Gasteiger charge is 2.29. The molecule has 0 aliphatic heterocycles. The van der Waals surface area contributed by atoms with Crippen molar-refractivity contribution in [3.8, 4) is 5.75 Å². The molecule has 3 rings (SSSR count). The highest BCUT2D eigenvalue weighted by Crippen LogP contribution is 2.31. The van der Waals surface area contributed by atoms with Crippen molar-refractivity contribution in [3.05, 3.63) is 88.4 Å². The highest BCUT2D eigenvalue weighted by molar-refractivity contribution is 7.92. The van der Waals surface area contributed by atoms with Gasteiger partial charge in [0.15, 0.2) is 0 Å². The minimum absolute atomic E-state index is 0.0954. The average Bonchev–Trinajstić information content (AvgIpc) is 2.79. The summed E-state index contributed by atoms with van der Waals surface area (Å²) in [4.78, 5) is 13.1. The lowest BCUT2D eigenvalue weighted by Gasteiger charge is -2.27. The summed E-state index contributed by atoms with van der Waals surface area (Å²) in [5.41, 5.74) is 2.65. The van der Waals surface area contributed by atoms with Crippen molar-refractivity contribution in [2.24, 2.45) is 0 Å². The van der Waals surface area contributed by atoms with Gasteiger partial charge in [0.1, 0.15) is 12.3 Å². The van der Waals surface area contributed by atoms with Crippen LogP contribution in [0.4, 0.5) is 5.69 Å². The first kappa shape index (κ1) is 24.6. The number of hydrogen-bond acceptors (Lipinski definition) is 4. The molecule has 8 heteroatoms. The van der Waals surface area contributed by atoms with E-state index in [2.05, 4.69) is 5.32 Å². The summed E-state index contributed by atoms with van der Waals surface area (Å²) in [5.74, 6) is 0.184. The second kappa shape index (κ2) is 10.3. The summed E-state index contributed by atoms with van der Waals surface area (Å²) in [6.07, 6.45) is 0. The quantitative estimate of drug-likeness (QED) is 0.484. The lowest BCUT2D eigenvalue weighted by atomic mass is 10.1. The van der Waals surface area contributed by atoms with Crippen LogP contribution in [0.25, 0.3) is 0 Å². The van der Waals surface area contributed by atoms with Gasteiger partial charge >= 0.3 is 0 Å². The molecule has 0 unspecified atom stereocenters. The average molecular weight is 487 g/mol. The molecule has 6 nitrogen and oxygen atoms in total. The second-order valence-corrected chi connectivity index (χ2v) is 10.0. The molecule has 0 fully saturated rings. The summed E-state index contributed by atoms with van der Waals surface area (Å²) in [7, 11) is -2.47. The Morgan fingerprint density at radius 1 is 1.03 bits per heavy atom. The predicted octanol–water partition coefficient (Wildman–Crippen LogP) is 5.04. The van der Waals surface area contributed by atoms with Gasteiger partial charge in [-0.05, 0) is 56.7 Å². The molecule has 174 valence electrons. The third-order valence-corrected chi connectivity index (χ3v) is 7.57. The van der Waals surface area contributed by atoms with E-state index in [9.17, 15) is 13.2 Å². The van der Waals surface area contributed by atoms with E-state index >= 15 is 0 Å². The van der Waals surface area contributed by atoms with E-state index in [-0.39, 0.29) is 4.90 Å². The van der Waals surface area contributed by atoms with E-state index in [1.54, 1.807) is 44.4 Å². The van der Waals surface area contributed by atoms with Crippen molar-refractivity contribution < 1.29 is 17.9 Å². The van der Waals surface area contributed by atoms with E-state index in [4.69, 9.17) is 16.3 Å². The number of carbonyl (C=O) groups is 1. The highest BCUT2D eigenvalue weighted by atomic mass is 35.5. The minimum atomic E-state index is -4.03. The Hall–Kier alpha value is -3.03. The molecule has 3 aromatic rings. The van der Waals surface area contributed by atoms with Crippen LogP contribution in [-0.4, -0.2) is 28.0 Å². The van der Waals surface area contributed by atoms with Crippen LogP contribution in [-0.2, 0) is 14.8 Å². The van der Waals surface area contributed by atoms with Crippen molar-refractivity contribution in [1.82, 2.24) is 5.32 Å². The summed E-state index contributed by atoms with van der Waals surface area (Å²) in [6.45, 7) is 5.02. The van der Waals surface area contributed by atoms with E-state index in [1.165, 1.54) is 12.1 Å². The van der Waals surface area contributed by atoms with E-state index in [0.29, 0.717) is 22.0 Å². The third kappa shape index (κ3) is 5.49. The number of hydrogen-bond donors (Lipinski definition) is 1. The molecule has 1 N–H and O–H groups in total. The molecule has 3 aromatic carbocycles. The van der Waals surface area contributed by atoms with Crippen molar-refractivity contribution in [1.29, 1.82) is 0 Å². The number of halogens is 1. The summed E-state index contributed by atoms with van der Waals surface area (Å²) in [6, 6.07) is 18.5. The first-order valence-electron chi connectivity index (χ1n) is 10.4. The van der Waals surface area contributed by atoms with Crippen LogP contribution in [0.15, 0.2) is 71.6 Å². The van der Waals surface area contributed by atoms with E-state index in [0.717, 1.165) is 15.4 Å². The van der Waals surface area contributed by atoms with Gasteiger partial charge in [0.2, 0.25) is 5.91 Å². The second-order valence-electron chi connectivity index (χ2n) is 7.74. The van der Waals surface area contributed by atoms with Gasteiger partial charge in [-0.25, -0.2) is 8.42 Å². The molecule has 0 heterocycles. The molecule has 0 aromatic heterocycles. The summed E-state index contributed by atoms with van der Waals surface area (Å²) in [5, 5.41) is 3.30. The number of amides is 1. The van der Waals surface area contributed by atoms with Gasteiger partial charge in [0, 0.05) is 10.6 Å². The Morgan fingerprint density at radius 2 is 1.70 bits per heavy atom. The SMILES string of the molecule is COc1ccccc1[C@H](C)NC(=O)CN(c1cccc(Cl)c1C)S(=O)(=O)c1ccc(C)cc1. The Morgan fingerprint density at radius 3 is 2.36 bits per heavy atom. The monoisotopic (exact) mass is 486 g/mol. The number of nitrogens with one attached hydrogen (secondary N) is 1. The smallest absolute Gasteiger partial charge is 0.264 e. The van der Waals surface area contributed by atoms with Gasteiger partial charge in [-0.1, -0.05) is 53.6 Å². The lowest BCUT2D eigenvalue weighted by molar-refractivity contribution is -0.120. The number of aryl methyl sites for hydroxylation is 1. The maximum atomic E-state index is 13.6. The van der Waals surface area contributed by atoms with E-state index in [1.807, 2.05) is 38.1 Å². The summed E-state index contributed by atoms with van der Waals surface area (Å²) >= 11 is 6.27. The number of benzene rings is 3. The van der Waals surface area contributed by atoms with Crippen LogP contribution >= 0.6 is 11.6 Å². The van der Waals surface area contributed by atoms with Crippen LogP contribution < -0.4 is 14.4 Å². The van der Waals surface area contributed by atoms with Crippen LogP contribution in [0.1, 0.15) is 29.7 Å². The number of para-hydroxylation sites is 1. The first-order valence-corrected chi connectivity index (χ1v) is 12.2. The molecule has 1 atom stereocenters. The standard InChI is InChI=1S/C25H27ClN2O4S/c1-17-12-14-20(15-13-17)33(30,31)28(23-10-7-9-22(26)18(23)2)16-25(29)27-19(3)21-8-5-6-11-24(21)32-4/h5-15,19H,16H2,1-4H3,(H,27,29)/t19-/m0/s1. The Bertz CT molecular complexity index is 1240. The maximum Gasteiger partial charge on any atom is 0.264 e. The maximum absolute atomic E-state index is 13.6. The molecule has 0 bridgehead atoms. The molecule has 0 aliphatic carbocycles. The van der Waals surface area contributed by atoms with E-state index < -0.39 is 28.5 Å². The van der Waals surface area contributed by atoms with Crippen molar-refractivity contribution in [2.45, 2.75) is 31.7 Å². The Balaban J connectivity index is 1.95. The van der Waals surface area contributed by atoms with Gasteiger partial charge in [0.25, 0.3) is 10.0 Å². The molecule has 1 amide bonds. The number of sulfonamides is 1. The van der Waals surface area contributed by atoms with Gasteiger partial charge in [0.05, 0.1) is 23.7 Å². The Kier molecular flexibility index (Phi) is 7.66. The number of carbonyl (C=O) groups excluding carboxylic acids is 1. The molecule has 0 saturated carbocycles. The number of ether oxygens (including phenoxy) is 1. The molecular weight excluding hydrogens is 460 g/mol. The largest absolute Gasteiger partial charge is 0.496 e. The topological polar surface area (TPSA) is 75.7 Å². The van der Waals surface area contributed by atoms with Crippen LogP contribution in [0, 0.1) is 13.8 Å². The van der Waals surface area contributed by atoms with Crippen molar-refractivity contribution in [2.75, 3.05) is 18.0 Å². The molecule has 0 saturated heterocycles. The number of rotatable bonds is 8. The molecule has 33 heavy (non-hydrogen) atoms. The summed E-state index contributed by atoms with van der Waals surface area (Å²) < 4.78 is 33.6. The lowest BCUT2D eigenvalue weighted by Crippen LogP contribution is -2.42. The number of nitrogens with zero attached hydrogens (tertiary/aromatic N) is 1. The number of anilines is 1. The fourth-order valence-corrected chi connectivity index (χ4v) is 5.17. The zero-order valence-corrected chi connectivity index (χ0v) is 20.6. The minimum Gasteiger partial charge on any atom is -0.496 e. The first-order chi connectivity index (χ1) is 15.6. The predicted molar refractivity (Wildman–Crippen MR) is 131 cm³/mol. The third-order valence-electron chi connectivity index (χ3n) is 5.39.